The number of sulfonamides is 1. The minimum absolute atomic E-state index is 0.0208. The summed E-state index contributed by atoms with van der Waals surface area (Å²) in [6, 6.07) is 6.91. The Balaban J connectivity index is 0.00000277. The van der Waals surface area contributed by atoms with Crippen molar-refractivity contribution in [2.75, 3.05) is 6.54 Å². The van der Waals surface area contributed by atoms with Crippen LogP contribution in [0.25, 0.3) is 0 Å². The van der Waals surface area contributed by atoms with Gasteiger partial charge < -0.3 is 0 Å². The number of allylic oxidation sites excluding steroid dienone is 2. The molecule has 4 nitrogen and oxygen atoms in total. The normalized spacial score (nSPS) is 11.1. The fraction of sp³-hybridized carbons (Fsp3) is 0.368. The van der Waals surface area contributed by atoms with Crippen molar-refractivity contribution in [3.63, 3.8) is 0 Å². The van der Waals surface area contributed by atoms with Gasteiger partial charge in [0.2, 0.25) is 0 Å². The molecule has 0 aliphatic carbocycles. The van der Waals surface area contributed by atoms with Gasteiger partial charge in [-0.1, -0.05) is 13.8 Å². The molecule has 0 fully saturated rings. The molecule has 1 aromatic carbocycles. The molecule has 0 aliphatic heterocycles. The third-order valence-electron chi connectivity index (χ3n) is 3.19. The van der Waals surface area contributed by atoms with Gasteiger partial charge in [-0.2, -0.15) is 0 Å². The first-order chi connectivity index (χ1) is 11.7. The Morgan fingerprint density at radius 2 is 1.68 bits per heavy atom. The number of benzene rings is 1. The molecule has 0 heterocycles. The van der Waals surface area contributed by atoms with Crippen LogP contribution in [0, 0.1) is 6.58 Å². The zero-order valence-electron chi connectivity index (χ0n) is 15.4. The first kappa shape index (κ1) is 23.8. The summed E-state index contributed by atoms with van der Waals surface area (Å²) >= 11 is 1.26. The van der Waals surface area contributed by atoms with Crippen molar-refractivity contribution in [2.45, 2.75) is 41.2 Å². The average molecular weight is 532 g/mol. The SMILES string of the molecule is CC.[CH-]=C(C=C[C](C)=[W])S(=O)(=O)N(CC)Cc1ccc(C(C)=O)cc1. The van der Waals surface area contributed by atoms with Crippen molar-refractivity contribution in [1.29, 1.82) is 0 Å². The van der Waals surface area contributed by atoms with Gasteiger partial charge in [0.05, 0.1) is 0 Å². The van der Waals surface area contributed by atoms with Crippen molar-refractivity contribution >= 4 is 19.7 Å². The molecule has 25 heavy (non-hydrogen) atoms. The van der Waals surface area contributed by atoms with Gasteiger partial charge in [0.25, 0.3) is 0 Å². The number of hydrogen-bond acceptors (Lipinski definition) is 3. The van der Waals surface area contributed by atoms with E-state index in [0.717, 1.165) is 9.46 Å². The Bertz CT molecular complexity index is 734. The van der Waals surface area contributed by atoms with Crippen LogP contribution >= 0.6 is 0 Å². The monoisotopic (exact) mass is 532 g/mol. The van der Waals surface area contributed by atoms with E-state index in [-0.39, 0.29) is 17.2 Å². The molecule has 0 bridgehead atoms. The summed E-state index contributed by atoms with van der Waals surface area (Å²) in [6.07, 6.45) is 3.14. The van der Waals surface area contributed by atoms with Crippen LogP contribution < -0.4 is 0 Å². The maximum atomic E-state index is 12.5. The van der Waals surface area contributed by atoms with Crippen LogP contribution in [0.5, 0.6) is 0 Å². The van der Waals surface area contributed by atoms with E-state index in [0.29, 0.717) is 12.1 Å². The second-order valence-electron chi connectivity index (χ2n) is 5.03. The second kappa shape index (κ2) is 11.5. The molecule has 0 atom stereocenters. The molecule has 0 radical (unpaired) electrons. The van der Waals surface area contributed by atoms with E-state index in [1.54, 1.807) is 37.3 Å². The Labute approximate surface area is 163 Å². The van der Waals surface area contributed by atoms with E-state index in [2.05, 4.69) is 0 Å². The number of rotatable bonds is 8. The molecular formula is C19H26NO3SW-. The third-order valence-corrected chi connectivity index (χ3v) is 5.48. The molecule has 138 valence electrons. The fourth-order valence-electron chi connectivity index (χ4n) is 1.85. The van der Waals surface area contributed by atoms with Crippen molar-refractivity contribution < 1.29 is 32.6 Å². The molecule has 0 amide bonds. The quantitative estimate of drug-likeness (QED) is 0.292. The van der Waals surface area contributed by atoms with Crippen molar-refractivity contribution in [3.05, 3.63) is 59.0 Å². The number of Topliss-reactive ketones (excluding diaryl/α,β-unsaturated/α-hetero) is 1. The van der Waals surface area contributed by atoms with Crippen LogP contribution in [0.1, 0.15) is 50.5 Å². The van der Waals surface area contributed by atoms with Crippen LogP contribution in [0.15, 0.2) is 41.3 Å². The summed E-state index contributed by atoms with van der Waals surface area (Å²) < 4.78 is 27.4. The molecular weight excluding hydrogens is 506 g/mol. The standard InChI is InChI=1S/C17H20NO3S.C2H6.W/c1-5-7-8-14(3)22(20,21)18(6-2)13-16-9-11-17(12-10-16)15(4)19;1-2;/h3,7-12H,6,13H2,1-2,4H3;1-2H3;/q-1;;. The van der Waals surface area contributed by atoms with Gasteiger partial charge in [-0.3, -0.25) is 4.79 Å². The predicted octanol–water partition coefficient (Wildman–Crippen LogP) is 3.68. The number of nitrogens with zero attached hydrogens (tertiary/aromatic N) is 1. The molecule has 0 saturated heterocycles. The molecule has 6 heteroatoms. The van der Waals surface area contributed by atoms with Gasteiger partial charge in [-0.25, -0.2) is 0 Å². The summed E-state index contributed by atoms with van der Waals surface area (Å²) in [5, 5.41) is 0. The van der Waals surface area contributed by atoms with E-state index in [1.165, 1.54) is 36.7 Å². The maximum absolute atomic E-state index is 12.5. The van der Waals surface area contributed by atoms with Gasteiger partial charge >= 0.3 is 138 Å². The van der Waals surface area contributed by atoms with E-state index < -0.39 is 10.0 Å². The third kappa shape index (κ3) is 7.72. The van der Waals surface area contributed by atoms with Crippen molar-refractivity contribution in [3.8, 4) is 0 Å². The van der Waals surface area contributed by atoms with Crippen LogP contribution in [-0.4, -0.2) is 28.9 Å². The first-order valence-electron chi connectivity index (χ1n) is 8.09. The predicted molar refractivity (Wildman–Crippen MR) is 100 cm³/mol. The number of carbonyl (C=O) groups excluding carboxylic acids is 1. The molecule has 0 spiro atoms. The molecule has 0 saturated carbocycles. The van der Waals surface area contributed by atoms with Gasteiger partial charge in [-0.05, 0) is 6.92 Å². The van der Waals surface area contributed by atoms with E-state index in [4.69, 9.17) is 6.58 Å². The van der Waals surface area contributed by atoms with Crippen molar-refractivity contribution in [1.82, 2.24) is 4.31 Å². The molecule has 0 aromatic heterocycles. The number of hydrogen-bond donors (Lipinski definition) is 0. The van der Waals surface area contributed by atoms with Crippen LogP contribution in [0.4, 0.5) is 0 Å². The molecule has 1 aromatic rings. The van der Waals surface area contributed by atoms with Crippen LogP contribution in [0.2, 0.25) is 0 Å². The van der Waals surface area contributed by atoms with E-state index in [1.807, 2.05) is 20.8 Å². The number of carbonyl (C=O) groups is 1. The van der Waals surface area contributed by atoms with E-state index >= 15 is 0 Å². The van der Waals surface area contributed by atoms with Crippen LogP contribution in [0.3, 0.4) is 0 Å². The summed E-state index contributed by atoms with van der Waals surface area (Å²) in [7, 11) is -3.70. The van der Waals surface area contributed by atoms with Crippen LogP contribution in [-0.2, 0) is 35.9 Å². The Hall–Kier alpha value is -1.16. The van der Waals surface area contributed by atoms with Gasteiger partial charge in [0.15, 0.2) is 0 Å². The molecule has 1 rings (SSSR count). The summed E-state index contributed by atoms with van der Waals surface area (Å²) in [5.41, 5.74) is 1.41. The average Bonchev–Trinajstić information content (AvgIpc) is 2.59. The molecule has 0 N–H and O–H groups in total. The van der Waals surface area contributed by atoms with Gasteiger partial charge in [0.1, 0.15) is 0 Å². The topological polar surface area (TPSA) is 54.5 Å². The molecule has 0 aliphatic rings. The minimum atomic E-state index is -3.70. The molecule has 0 unspecified atom stereocenters. The van der Waals surface area contributed by atoms with Gasteiger partial charge in [0, 0.05) is 0 Å². The van der Waals surface area contributed by atoms with E-state index in [9.17, 15) is 13.2 Å². The summed E-state index contributed by atoms with van der Waals surface area (Å²) in [6.45, 7) is 15.4. The van der Waals surface area contributed by atoms with Crippen molar-refractivity contribution in [2.24, 2.45) is 0 Å². The zero-order valence-corrected chi connectivity index (χ0v) is 19.2. The van der Waals surface area contributed by atoms with Gasteiger partial charge in [-0.15, -0.1) is 0 Å². The Morgan fingerprint density at radius 3 is 2.08 bits per heavy atom. The summed E-state index contributed by atoms with van der Waals surface area (Å²) in [5.74, 6) is -0.0208. The summed E-state index contributed by atoms with van der Waals surface area (Å²) in [4.78, 5) is 11.1. The first-order valence-corrected chi connectivity index (χ1v) is 11.0. The Morgan fingerprint density at radius 1 is 1.16 bits per heavy atom. The number of ketones is 1. The zero-order chi connectivity index (χ0) is 19.6. The fourth-order valence-corrected chi connectivity index (χ4v) is 3.29. The Kier molecular flexibility index (Phi) is 10.9. The second-order valence-corrected chi connectivity index (χ2v) is 9.28.